The molecule has 0 rings (SSSR count). The van der Waals surface area contributed by atoms with Crippen molar-refractivity contribution in [3.8, 4) is 0 Å². The molecule has 0 spiro atoms. The lowest BCUT2D eigenvalue weighted by molar-refractivity contribution is 0.125. The minimum absolute atomic E-state index is 0.265. The summed E-state index contributed by atoms with van der Waals surface area (Å²) in [6.45, 7) is 8.67. The van der Waals surface area contributed by atoms with Gasteiger partial charge in [0.1, 0.15) is 0 Å². The Morgan fingerprint density at radius 2 is 1.76 bits per heavy atom. The molecule has 0 aliphatic rings. The summed E-state index contributed by atoms with van der Waals surface area (Å²) < 4.78 is 15.8. The van der Waals surface area contributed by atoms with Gasteiger partial charge in [0.25, 0.3) is 0 Å². The predicted molar refractivity (Wildman–Crippen MR) is 69.5 cm³/mol. The molecule has 0 aromatic rings. The van der Waals surface area contributed by atoms with Crippen LogP contribution >= 0.6 is 0 Å². The van der Waals surface area contributed by atoms with Crippen LogP contribution in [0.5, 0.6) is 0 Å². The van der Waals surface area contributed by atoms with Crippen LogP contribution in [-0.4, -0.2) is 53.7 Å². The lowest BCUT2D eigenvalue weighted by atomic mass is 10.4. The van der Waals surface area contributed by atoms with Gasteiger partial charge in [-0.25, -0.2) is 4.79 Å². The van der Waals surface area contributed by atoms with E-state index in [9.17, 15) is 4.79 Å². The first-order valence-corrected chi connectivity index (χ1v) is 8.01. The number of rotatable bonds is 9. The van der Waals surface area contributed by atoms with Crippen LogP contribution in [0.25, 0.3) is 0 Å². The van der Waals surface area contributed by atoms with Gasteiger partial charge in [0.2, 0.25) is 0 Å². The molecule has 0 atom stereocenters. The quantitative estimate of drug-likeness (QED) is 0.595. The summed E-state index contributed by atoms with van der Waals surface area (Å²) in [6, 6.07) is 0.926. The molecule has 0 N–H and O–H groups in total. The summed E-state index contributed by atoms with van der Waals surface area (Å²) in [5.74, 6) is 0. The van der Waals surface area contributed by atoms with Gasteiger partial charge in [0, 0.05) is 26.3 Å². The van der Waals surface area contributed by atoms with E-state index in [4.69, 9.17) is 13.6 Å². The molecule has 0 unspecified atom stereocenters. The van der Waals surface area contributed by atoms with Gasteiger partial charge in [-0.3, -0.25) is 0 Å². The number of methoxy groups -OCH3 is 1. The highest BCUT2D eigenvalue weighted by Crippen LogP contribution is 2.04. The van der Waals surface area contributed by atoms with Gasteiger partial charge in [-0.1, -0.05) is 0 Å². The summed E-state index contributed by atoms with van der Waals surface area (Å²) in [7, 11) is -0.117. The summed E-state index contributed by atoms with van der Waals surface area (Å²) in [5.41, 5.74) is 0. The summed E-state index contributed by atoms with van der Waals surface area (Å²) in [5, 5.41) is 0. The highest BCUT2D eigenvalue weighted by Gasteiger charge is 2.15. The van der Waals surface area contributed by atoms with E-state index in [1.54, 1.807) is 4.90 Å². The highest BCUT2D eigenvalue weighted by atomic mass is 28.3. The Hall–Kier alpha value is -0.593. The first kappa shape index (κ1) is 16.4. The molecule has 0 saturated heterocycles. The maximum absolute atomic E-state index is 11.3. The molecule has 0 radical (unpaired) electrons. The first-order valence-electron chi connectivity index (χ1n) is 6.25. The third kappa shape index (κ3) is 7.35. The molecule has 102 valence electrons. The monoisotopic (exact) mass is 263 g/mol. The molecule has 5 nitrogen and oxygen atoms in total. The van der Waals surface area contributed by atoms with Gasteiger partial charge >= 0.3 is 15.4 Å². The van der Waals surface area contributed by atoms with Crippen LogP contribution in [0.2, 0.25) is 6.04 Å². The molecular weight excluding hydrogens is 238 g/mol. The van der Waals surface area contributed by atoms with Gasteiger partial charge in [-0.05, 0) is 33.2 Å². The fourth-order valence-corrected chi connectivity index (χ4v) is 3.23. The first-order chi connectivity index (χ1) is 8.19. The number of carbonyl (C=O) groups excluding carboxylic acids is 1. The molecule has 0 fully saturated rings. The van der Waals surface area contributed by atoms with Gasteiger partial charge in [-0.2, -0.15) is 0 Å². The molecule has 0 bridgehead atoms. The predicted octanol–water partition coefficient (Wildman–Crippen LogP) is 1.76. The number of nitrogens with zero attached hydrogens (tertiary/aromatic N) is 1. The molecule has 17 heavy (non-hydrogen) atoms. The minimum Gasteiger partial charge on any atom is -0.453 e. The number of carbonyl (C=O) groups is 1. The lowest BCUT2D eigenvalue weighted by Gasteiger charge is -2.20. The fraction of sp³-hybridized carbons (Fsp3) is 0.909. The molecular formula is C11H25NO4Si. The van der Waals surface area contributed by atoms with Crippen molar-refractivity contribution < 1.29 is 18.4 Å². The third-order valence-electron chi connectivity index (χ3n) is 2.39. The topological polar surface area (TPSA) is 48.0 Å². The number of ether oxygens (including phenoxy) is 1. The Bertz CT molecular complexity index is 198. The summed E-state index contributed by atoms with van der Waals surface area (Å²) >= 11 is 0. The smallest absolute Gasteiger partial charge is 0.409 e. The average Bonchev–Trinajstić information content (AvgIpc) is 2.34. The van der Waals surface area contributed by atoms with E-state index in [0.717, 1.165) is 12.5 Å². The van der Waals surface area contributed by atoms with E-state index < -0.39 is 9.28 Å². The SMILES string of the molecule is CCO[SiH](CCCN(CC)C(=O)OC)OCC. The fourth-order valence-electron chi connectivity index (χ4n) is 1.54. The summed E-state index contributed by atoms with van der Waals surface area (Å²) in [4.78, 5) is 13.0. The Morgan fingerprint density at radius 1 is 1.18 bits per heavy atom. The second-order valence-corrected chi connectivity index (χ2v) is 5.64. The van der Waals surface area contributed by atoms with Crippen molar-refractivity contribution in [3.63, 3.8) is 0 Å². The molecule has 0 aromatic carbocycles. The van der Waals surface area contributed by atoms with Crippen molar-refractivity contribution in [1.29, 1.82) is 0 Å². The molecule has 0 aliphatic heterocycles. The number of hydrogen-bond acceptors (Lipinski definition) is 4. The van der Waals surface area contributed by atoms with Crippen molar-refractivity contribution in [2.24, 2.45) is 0 Å². The minimum atomic E-state index is -1.52. The normalized spacial score (nSPS) is 10.6. The Kier molecular flexibility index (Phi) is 10.2. The largest absolute Gasteiger partial charge is 0.453 e. The molecule has 0 aliphatic carbocycles. The Morgan fingerprint density at radius 3 is 2.18 bits per heavy atom. The van der Waals surface area contributed by atoms with Gasteiger partial charge in [0.15, 0.2) is 0 Å². The van der Waals surface area contributed by atoms with Crippen LogP contribution < -0.4 is 0 Å². The van der Waals surface area contributed by atoms with Crippen molar-refractivity contribution in [2.45, 2.75) is 33.2 Å². The molecule has 0 saturated carbocycles. The zero-order chi connectivity index (χ0) is 13.1. The van der Waals surface area contributed by atoms with Gasteiger partial charge < -0.3 is 18.5 Å². The van der Waals surface area contributed by atoms with E-state index in [2.05, 4.69) is 0 Å². The van der Waals surface area contributed by atoms with Crippen LogP contribution in [0.1, 0.15) is 27.2 Å². The van der Waals surface area contributed by atoms with Gasteiger partial charge in [-0.15, -0.1) is 0 Å². The van der Waals surface area contributed by atoms with Crippen molar-refractivity contribution in [2.75, 3.05) is 33.4 Å². The number of amides is 1. The van der Waals surface area contributed by atoms with Gasteiger partial charge in [0.05, 0.1) is 7.11 Å². The molecule has 6 heteroatoms. The van der Waals surface area contributed by atoms with Crippen LogP contribution in [0.15, 0.2) is 0 Å². The Balaban J connectivity index is 3.87. The standard InChI is InChI=1S/C11H25NO4Si/c1-5-12(11(13)14-4)9-8-10-17(15-6-2)16-7-3/h17H,5-10H2,1-4H3. The maximum Gasteiger partial charge on any atom is 0.409 e. The van der Waals surface area contributed by atoms with Crippen molar-refractivity contribution >= 4 is 15.4 Å². The van der Waals surface area contributed by atoms with Crippen LogP contribution in [0.3, 0.4) is 0 Å². The number of hydrogen-bond donors (Lipinski definition) is 0. The average molecular weight is 263 g/mol. The Labute approximate surface area is 106 Å². The van der Waals surface area contributed by atoms with Crippen molar-refractivity contribution in [3.05, 3.63) is 0 Å². The van der Waals surface area contributed by atoms with E-state index in [1.165, 1.54) is 7.11 Å². The van der Waals surface area contributed by atoms with E-state index in [-0.39, 0.29) is 6.09 Å². The van der Waals surface area contributed by atoms with E-state index >= 15 is 0 Å². The zero-order valence-electron chi connectivity index (χ0n) is 11.4. The molecule has 0 aromatic heterocycles. The molecule has 1 amide bonds. The molecule has 0 heterocycles. The van der Waals surface area contributed by atoms with Crippen LogP contribution in [0.4, 0.5) is 4.79 Å². The van der Waals surface area contributed by atoms with Crippen LogP contribution in [0, 0.1) is 0 Å². The van der Waals surface area contributed by atoms with E-state index in [1.807, 2.05) is 20.8 Å². The third-order valence-corrected chi connectivity index (χ3v) is 4.68. The van der Waals surface area contributed by atoms with Crippen LogP contribution in [-0.2, 0) is 13.6 Å². The lowest BCUT2D eigenvalue weighted by Crippen LogP contribution is -2.32. The highest BCUT2D eigenvalue weighted by molar-refractivity contribution is 6.44. The van der Waals surface area contributed by atoms with E-state index in [0.29, 0.717) is 26.3 Å². The second kappa shape index (κ2) is 10.6. The van der Waals surface area contributed by atoms with Crippen molar-refractivity contribution in [1.82, 2.24) is 4.90 Å². The maximum atomic E-state index is 11.3. The zero-order valence-corrected chi connectivity index (χ0v) is 12.6. The summed E-state index contributed by atoms with van der Waals surface area (Å²) in [6.07, 6.45) is 0.637. The second-order valence-electron chi connectivity index (χ2n) is 3.53.